The summed E-state index contributed by atoms with van der Waals surface area (Å²) >= 11 is 3.33. The molecule has 0 spiro atoms. The molecule has 2 aliphatic heterocycles. The van der Waals surface area contributed by atoms with Gasteiger partial charge in [-0.25, -0.2) is 5.01 Å². The first-order chi connectivity index (χ1) is 15.2. The van der Waals surface area contributed by atoms with Crippen molar-refractivity contribution in [2.24, 2.45) is 5.10 Å². The maximum absolute atomic E-state index is 13.2. The normalized spacial score (nSPS) is 20.2. The number of fused-ring (bicyclic) bond motifs is 1. The van der Waals surface area contributed by atoms with Gasteiger partial charge in [0.15, 0.2) is 11.5 Å². The number of likely N-dealkylation sites (N-methyl/N-ethyl adjacent to an activating group) is 1. The van der Waals surface area contributed by atoms with E-state index < -0.39 is 0 Å². The second kappa shape index (κ2) is 8.82. The number of thiophene rings is 2. The molecule has 4 heterocycles. The molecule has 1 amide bonds. The number of amides is 1. The van der Waals surface area contributed by atoms with E-state index in [1.165, 1.54) is 0 Å². The minimum Gasteiger partial charge on any atom is -0.486 e. The average Bonchev–Trinajstić information content (AvgIpc) is 3.54. The van der Waals surface area contributed by atoms with Gasteiger partial charge in [0.25, 0.3) is 5.91 Å². The van der Waals surface area contributed by atoms with Gasteiger partial charge in [-0.3, -0.25) is 9.69 Å². The van der Waals surface area contributed by atoms with E-state index >= 15 is 0 Å². The van der Waals surface area contributed by atoms with Crippen molar-refractivity contribution in [2.45, 2.75) is 18.6 Å². The fourth-order valence-corrected chi connectivity index (χ4v) is 5.44. The molecule has 3 aromatic rings. The van der Waals surface area contributed by atoms with E-state index in [0.29, 0.717) is 13.2 Å². The lowest BCUT2D eigenvalue weighted by molar-refractivity contribution is -0.134. The van der Waals surface area contributed by atoms with E-state index in [9.17, 15) is 4.79 Å². The fourth-order valence-electron chi connectivity index (χ4n) is 3.90. The van der Waals surface area contributed by atoms with Crippen LogP contribution < -0.4 is 9.47 Å². The summed E-state index contributed by atoms with van der Waals surface area (Å²) in [6.45, 7) is 1.33. The summed E-state index contributed by atoms with van der Waals surface area (Å²) in [6.07, 6.45) is 0.622. The average molecular weight is 454 g/mol. The van der Waals surface area contributed by atoms with Gasteiger partial charge in [0, 0.05) is 17.8 Å². The van der Waals surface area contributed by atoms with Gasteiger partial charge < -0.3 is 9.47 Å². The second-order valence-corrected chi connectivity index (χ2v) is 9.62. The van der Waals surface area contributed by atoms with Gasteiger partial charge in [0.05, 0.1) is 23.2 Å². The Morgan fingerprint density at radius 2 is 1.94 bits per heavy atom. The van der Waals surface area contributed by atoms with Crippen LogP contribution in [-0.4, -0.2) is 54.4 Å². The molecule has 0 fully saturated rings. The van der Waals surface area contributed by atoms with Gasteiger partial charge in [0.1, 0.15) is 12.7 Å². The number of benzene rings is 1. The Kier molecular flexibility index (Phi) is 5.76. The maximum atomic E-state index is 13.2. The highest BCUT2D eigenvalue weighted by molar-refractivity contribution is 7.12. The summed E-state index contributed by atoms with van der Waals surface area (Å²) in [4.78, 5) is 17.5. The van der Waals surface area contributed by atoms with E-state index in [2.05, 4.69) is 12.1 Å². The van der Waals surface area contributed by atoms with Crippen molar-refractivity contribution in [2.75, 3.05) is 26.7 Å². The summed E-state index contributed by atoms with van der Waals surface area (Å²) in [5.41, 5.74) is 0.977. The van der Waals surface area contributed by atoms with E-state index in [4.69, 9.17) is 14.6 Å². The standard InChI is InChI=1S/C23H23N3O3S2/c1-25(13-16-15-28-19-6-2-3-7-20(19)29-16)14-23(27)26-18(22-9-5-11-31-22)12-17(24-26)21-8-4-10-30-21/h2-11,16,18H,12-15H2,1H3/t16-,18+/m0/s1. The monoisotopic (exact) mass is 453 g/mol. The SMILES string of the molecule is CN(CC(=O)N1N=C(c2cccs2)C[C@@H]1c1cccs1)C[C@H]1COc2ccccc2O1. The number of ether oxygens (including phenoxy) is 2. The Morgan fingerprint density at radius 1 is 1.13 bits per heavy atom. The summed E-state index contributed by atoms with van der Waals surface area (Å²) < 4.78 is 11.8. The van der Waals surface area contributed by atoms with Crippen LogP contribution in [0.2, 0.25) is 0 Å². The number of carbonyl (C=O) groups excluding carboxylic acids is 1. The van der Waals surface area contributed by atoms with E-state index in [1.807, 2.05) is 59.1 Å². The molecule has 31 heavy (non-hydrogen) atoms. The minimum absolute atomic E-state index is 0.00964. The van der Waals surface area contributed by atoms with Crippen LogP contribution in [0.3, 0.4) is 0 Å². The highest BCUT2D eigenvalue weighted by Crippen LogP contribution is 2.36. The predicted octanol–water partition coefficient (Wildman–Crippen LogP) is 4.26. The lowest BCUT2D eigenvalue weighted by Crippen LogP contribution is -2.43. The van der Waals surface area contributed by atoms with E-state index in [-0.39, 0.29) is 24.6 Å². The van der Waals surface area contributed by atoms with Crippen molar-refractivity contribution in [3.05, 3.63) is 69.0 Å². The Balaban J connectivity index is 1.26. The molecular weight excluding hydrogens is 430 g/mol. The molecule has 0 saturated heterocycles. The molecule has 0 radical (unpaired) electrons. The van der Waals surface area contributed by atoms with E-state index in [0.717, 1.165) is 33.4 Å². The van der Waals surface area contributed by atoms with Gasteiger partial charge in [-0.05, 0) is 42.1 Å². The molecule has 2 atom stereocenters. The van der Waals surface area contributed by atoms with Gasteiger partial charge in [0.2, 0.25) is 0 Å². The molecule has 0 bridgehead atoms. The molecule has 0 unspecified atom stereocenters. The van der Waals surface area contributed by atoms with Crippen LogP contribution in [-0.2, 0) is 4.79 Å². The number of carbonyl (C=O) groups is 1. The molecule has 0 N–H and O–H groups in total. The smallest absolute Gasteiger partial charge is 0.257 e. The first-order valence-corrected chi connectivity index (χ1v) is 12.0. The topological polar surface area (TPSA) is 54.4 Å². The van der Waals surface area contributed by atoms with Crippen molar-refractivity contribution >= 4 is 34.3 Å². The molecule has 160 valence electrons. The first-order valence-electron chi connectivity index (χ1n) is 10.2. The Hall–Kier alpha value is -2.68. The van der Waals surface area contributed by atoms with Crippen LogP contribution in [0.15, 0.2) is 64.4 Å². The molecule has 1 aromatic carbocycles. The zero-order valence-corrected chi connectivity index (χ0v) is 18.8. The highest BCUT2D eigenvalue weighted by Gasteiger charge is 2.34. The zero-order chi connectivity index (χ0) is 21.2. The number of hydrogen-bond donors (Lipinski definition) is 0. The summed E-state index contributed by atoms with van der Waals surface area (Å²) in [7, 11) is 1.93. The van der Waals surface area contributed by atoms with Crippen LogP contribution in [0.5, 0.6) is 11.5 Å². The summed E-state index contributed by atoms with van der Waals surface area (Å²) in [5.74, 6) is 1.51. The van der Waals surface area contributed by atoms with Crippen molar-refractivity contribution < 1.29 is 14.3 Å². The van der Waals surface area contributed by atoms with Crippen LogP contribution in [0.1, 0.15) is 22.2 Å². The molecule has 2 aliphatic rings. The highest BCUT2D eigenvalue weighted by atomic mass is 32.1. The minimum atomic E-state index is -0.121. The predicted molar refractivity (Wildman–Crippen MR) is 123 cm³/mol. The third kappa shape index (κ3) is 4.37. The van der Waals surface area contributed by atoms with Crippen LogP contribution in [0, 0.1) is 0 Å². The number of para-hydroxylation sites is 2. The third-order valence-corrected chi connectivity index (χ3v) is 7.22. The Labute approximate surface area is 189 Å². The molecule has 5 rings (SSSR count). The summed E-state index contributed by atoms with van der Waals surface area (Å²) in [5, 5.41) is 10.5. The van der Waals surface area contributed by atoms with Crippen molar-refractivity contribution in [1.82, 2.24) is 9.91 Å². The van der Waals surface area contributed by atoms with Crippen LogP contribution >= 0.6 is 22.7 Å². The van der Waals surface area contributed by atoms with Gasteiger partial charge >= 0.3 is 0 Å². The first kappa shape index (κ1) is 20.2. The molecule has 8 heteroatoms. The molecule has 6 nitrogen and oxygen atoms in total. The number of nitrogens with zero attached hydrogens (tertiary/aromatic N) is 3. The largest absolute Gasteiger partial charge is 0.486 e. The fraction of sp³-hybridized carbons (Fsp3) is 0.304. The van der Waals surface area contributed by atoms with Crippen molar-refractivity contribution in [3.63, 3.8) is 0 Å². The summed E-state index contributed by atoms with van der Waals surface area (Å²) in [6, 6.07) is 15.8. The van der Waals surface area contributed by atoms with Crippen LogP contribution in [0.25, 0.3) is 0 Å². The van der Waals surface area contributed by atoms with Gasteiger partial charge in [-0.1, -0.05) is 24.3 Å². The lowest BCUT2D eigenvalue weighted by atomic mass is 10.1. The maximum Gasteiger partial charge on any atom is 0.257 e. The second-order valence-electron chi connectivity index (χ2n) is 7.69. The van der Waals surface area contributed by atoms with Crippen LogP contribution in [0.4, 0.5) is 0 Å². The number of rotatable bonds is 6. The van der Waals surface area contributed by atoms with E-state index in [1.54, 1.807) is 27.7 Å². The lowest BCUT2D eigenvalue weighted by Gasteiger charge is -2.30. The number of hydrogen-bond acceptors (Lipinski definition) is 7. The third-order valence-electron chi connectivity index (χ3n) is 5.33. The van der Waals surface area contributed by atoms with Crippen molar-refractivity contribution in [3.8, 4) is 11.5 Å². The Morgan fingerprint density at radius 3 is 2.71 bits per heavy atom. The molecule has 0 saturated carbocycles. The molecular formula is C23H23N3O3S2. The van der Waals surface area contributed by atoms with Gasteiger partial charge in [-0.2, -0.15) is 5.10 Å². The Bertz CT molecular complexity index is 1070. The number of hydrazone groups is 1. The van der Waals surface area contributed by atoms with Gasteiger partial charge in [-0.15, -0.1) is 22.7 Å². The quantitative estimate of drug-likeness (QED) is 0.560. The molecule has 2 aromatic heterocycles. The zero-order valence-electron chi connectivity index (χ0n) is 17.1. The van der Waals surface area contributed by atoms with Crippen molar-refractivity contribution in [1.29, 1.82) is 0 Å². The molecule has 0 aliphatic carbocycles.